The predicted octanol–water partition coefficient (Wildman–Crippen LogP) is 4.11. The van der Waals surface area contributed by atoms with Crippen molar-refractivity contribution in [2.75, 3.05) is 20.8 Å². The average Bonchev–Trinajstić information content (AvgIpc) is 2.72. The number of allylic oxidation sites excluding steroid dienone is 1. The maximum Gasteiger partial charge on any atom is 0.347 e. The Morgan fingerprint density at radius 2 is 1.82 bits per heavy atom. The van der Waals surface area contributed by atoms with Crippen LogP contribution in [0, 0.1) is 0 Å². The first-order valence-electron chi connectivity index (χ1n) is 8.71. The van der Waals surface area contributed by atoms with Crippen LogP contribution in [0.3, 0.4) is 0 Å². The van der Waals surface area contributed by atoms with Crippen LogP contribution in [0.5, 0.6) is 17.2 Å². The number of carbonyl (C=O) groups excluding carboxylic acids is 1. The second-order valence-electron chi connectivity index (χ2n) is 5.87. The van der Waals surface area contributed by atoms with Gasteiger partial charge in [-0.2, -0.15) is 0 Å². The molecule has 3 rings (SSSR count). The van der Waals surface area contributed by atoms with E-state index in [1.165, 1.54) is 19.3 Å². The molecule has 0 spiro atoms. The quantitative estimate of drug-likeness (QED) is 0.349. The van der Waals surface area contributed by atoms with Crippen LogP contribution in [0.25, 0.3) is 17.0 Å². The van der Waals surface area contributed by atoms with Crippen LogP contribution >= 0.6 is 0 Å². The molecular formula is C22H20O6. The van der Waals surface area contributed by atoms with Crippen molar-refractivity contribution in [1.29, 1.82) is 0 Å². The Morgan fingerprint density at radius 3 is 2.54 bits per heavy atom. The minimum absolute atomic E-state index is 0.0464. The Labute approximate surface area is 162 Å². The van der Waals surface area contributed by atoms with Gasteiger partial charge in [0.05, 0.1) is 20.8 Å². The van der Waals surface area contributed by atoms with Gasteiger partial charge in [0.25, 0.3) is 0 Å². The fourth-order valence-corrected chi connectivity index (χ4v) is 2.77. The molecule has 0 bridgehead atoms. The van der Waals surface area contributed by atoms with Crippen molar-refractivity contribution in [2.45, 2.75) is 6.92 Å². The highest BCUT2D eigenvalue weighted by Gasteiger charge is 2.13. The Bertz CT molecular complexity index is 1090. The summed E-state index contributed by atoms with van der Waals surface area (Å²) in [5.41, 5.74) is 0.290. The number of rotatable bonds is 7. The van der Waals surface area contributed by atoms with Crippen LogP contribution in [0.2, 0.25) is 0 Å². The zero-order valence-corrected chi connectivity index (χ0v) is 15.9. The molecule has 0 amide bonds. The normalized spacial score (nSPS) is 11.0. The zero-order chi connectivity index (χ0) is 20.1. The topological polar surface area (TPSA) is 75.0 Å². The summed E-state index contributed by atoms with van der Waals surface area (Å²) in [6, 6.07) is 12.0. The molecule has 0 aliphatic heterocycles. The second-order valence-corrected chi connectivity index (χ2v) is 5.87. The molecule has 0 saturated carbocycles. The molecule has 0 fully saturated rings. The molecule has 0 unspecified atom stereocenters. The lowest BCUT2D eigenvalue weighted by molar-refractivity contribution is 0.104. The number of ketones is 1. The zero-order valence-electron chi connectivity index (χ0n) is 15.9. The molecule has 1 heterocycles. The molecule has 0 aliphatic rings. The first-order chi connectivity index (χ1) is 13.6. The van der Waals surface area contributed by atoms with Crippen molar-refractivity contribution >= 4 is 22.8 Å². The fraction of sp³-hybridized carbons (Fsp3) is 0.182. The fourth-order valence-electron chi connectivity index (χ4n) is 2.77. The number of para-hydroxylation sites is 1. The third-order valence-electron chi connectivity index (χ3n) is 4.12. The molecule has 3 aromatic rings. The number of ether oxygens (including phenoxy) is 3. The average molecular weight is 380 g/mol. The van der Waals surface area contributed by atoms with E-state index in [4.69, 9.17) is 18.6 Å². The van der Waals surface area contributed by atoms with Crippen molar-refractivity contribution in [3.63, 3.8) is 0 Å². The molecule has 28 heavy (non-hydrogen) atoms. The molecule has 0 radical (unpaired) electrons. The number of hydrogen-bond donors (Lipinski definition) is 0. The van der Waals surface area contributed by atoms with Crippen molar-refractivity contribution in [3.8, 4) is 17.2 Å². The predicted molar refractivity (Wildman–Crippen MR) is 107 cm³/mol. The molecule has 0 saturated heterocycles. The first-order valence-corrected chi connectivity index (χ1v) is 8.71. The minimum Gasteiger partial charge on any atom is -0.493 e. The monoisotopic (exact) mass is 380 g/mol. The van der Waals surface area contributed by atoms with Gasteiger partial charge in [0.15, 0.2) is 28.6 Å². The van der Waals surface area contributed by atoms with Crippen molar-refractivity contribution < 1.29 is 23.4 Å². The molecule has 1 aromatic heterocycles. The molecule has 2 aromatic carbocycles. The van der Waals surface area contributed by atoms with E-state index >= 15 is 0 Å². The van der Waals surface area contributed by atoms with E-state index in [1.54, 1.807) is 49.6 Å². The van der Waals surface area contributed by atoms with Gasteiger partial charge in [0, 0.05) is 5.39 Å². The minimum atomic E-state index is -0.712. The Balaban J connectivity index is 1.91. The molecular weight excluding hydrogens is 360 g/mol. The van der Waals surface area contributed by atoms with E-state index in [0.717, 1.165) is 5.56 Å². The number of hydrogen-bond acceptors (Lipinski definition) is 6. The highest BCUT2D eigenvalue weighted by atomic mass is 16.5. The number of benzene rings is 2. The summed E-state index contributed by atoms with van der Waals surface area (Å²) < 4.78 is 21.3. The van der Waals surface area contributed by atoms with Gasteiger partial charge in [-0.25, -0.2) is 4.79 Å². The molecule has 0 aliphatic carbocycles. The van der Waals surface area contributed by atoms with E-state index in [9.17, 15) is 9.59 Å². The summed E-state index contributed by atoms with van der Waals surface area (Å²) in [6.07, 6.45) is 2.93. The third kappa shape index (κ3) is 3.91. The first kappa shape index (κ1) is 19.2. The van der Waals surface area contributed by atoms with Gasteiger partial charge in [0.1, 0.15) is 5.56 Å². The van der Waals surface area contributed by atoms with Gasteiger partial charge in [0.2, 0.25) is 0 Å². The van der Waals surface area contributed by atoms with Gasteiger partial charge in [-0.15, -0.1) is 0 Å². The smallest absolute Gasteiger partial charge is 0.347 e. The van der Waals surface area contributed by atoms with Crippen LogP contribution in [0.4, 0.5) is 0 Å². The second kappa shape index (κ2) is 8.43. The van der Waals surface area contributed by atoms with Crippen LogP contribution in [0.15, 0.2) is 57.8 Å². The maximum atomic E-state index is 12.5. The standard InChI is InChI=1S/C22H20O6/c1-4-27-18-11-9-14(12-20(18)26-3)8-10-17(23)16-13-15-6-5-7-19(25-2)21(15)28-22(16)24/h5-13H,4H2,1-3H3/b10-8+. The lowest BCUT2D eigenvalue weighted by Crippen LogP contribution is -2.12. The molecule has 144 valence electrons. The van der Waals surface area contributed by atoms with Crippen LogP contribution in [-0.4, -0.2) is 26.6 Å². The van der Waals surface area contributed by atoms with E-state index in [2.05, 4.69) is 0 Å². The van der Waals surface area contributed by atoms with Gasteiger partial charge in [-0.1, -0.05) is 24.3 Å². The Morgan fingerprint density at radius 1 is 1.04 bits per heavy atom. The number of methoxy groups -OCH3 is 2. The van der Waals surface area contributed by atoms with E-state index in [-0.39, 0.29) is 5.56 Å². The summed E-state index contributed by atoms with van der Waals surface area (Å²) >= 11 is 0. The summed E-state index contributed by atoms with van der Waals surface area (Å²) in [5, 5.41) is 0.610. The van der Waals surface area contributed by atoms with Crippen LogP contribution in [0.1, 0.15) is 22.8 Å². The SMILES string of the molecule is CCOc1ccc(/C=C/C(=O)c2cc3cccc(OC)c3oc2=O)cc1OC. The molecule has 0 atom stereocenters. The lowest BCUT2D eigenvalue weighted by atomic mass is 10.1. The van der Waals surface area contributed by atoms with Gasteiger partial charge in [-0.05, 0) is 42.8 Å². The van der Waals surface area contributed by atoms with Crippen molar-refractivity contribution in [1.82, 2.24) is 0 Å². The largest absolute Gasteiger partial charge is 0.493 e. The number of carbonyl (C=O) groups is 1. The number of fused-ring (bicyclic) bond motifs is 1. The third-order valence-corrected chi connectivity index (χ3v) is 4.12. The van der Waals surface area contributed by atoms with Crippen LogP contribution in [-0.2, 0) is 0 Å². The summed E-state index contributed by atoms with van der Waals surface area (Å²) in [6.45, 7) is 2.41. The van der Waals surface area contributed by atoms with Gasteiger partial charge >= 0.3 is 5.63 Å². The Kier molecular flexibility index (Phi) is 5.79. The maximum absolute atomic E-state index is 12.5. The van der Waals surface area contributed by atoms with Crippen molar-refractivity contribution in [2.24, 2.45) is 0 Å². The van der Waals surface area contributed by atoms with Gasteiger partial charge < -0.3 is 18.6 Å². The molecule has 6 nitrogen and oxygen atoms in total. The van der Waals surface area contributed by atoms with Crippen LogP contribution < -0.4 is 19.8 Å². The van der Waals surface area contributed by atoms with Gasteiger partial charge in [-0.3, -0.25) is 4.79 Å². The highest BCUT2D eigenvalue weighted by molar-refractivity contribution is 6.08. The van der Waals surface area contributed by atoms with E-state index in [0.29, 0.717) is 34.8 Å². The molecule has 6 heteroatoms. The highest BCUT2D eigenvalue weighted by Crippen LogP contribution is 2.28. The van der Waals surface area contributed by atoms with Crippen molar-refractivity contribution in [3.05, 3.63) is 70.1 Å². The van der Waals surface area contributed by atoms with E-state index in [1.807, 2.05) is 6.92 Å². The Hall–Kier alpha value is -3.54. The molecule has 0 N–H and O–H groups in total. The summed E-state index contributed by atoms with van der Waals surface area (Å²) in [5.74, 6) is 1.17. The lowest BCUT2D eigenvalue weighted by Gasteiger charge is -2.09. The van der Waals surface area contributed by atoms with E-state index < -0.39 is 11.4 Å². The summed E-state index contributed by atoms with van der Waals surface area (Å²) in [7, 11) is 3.03. The summed E-state index contributed by atoms with van der Waals surface area (Å²) in [4.78, 5) is 24.8.